The molecule has 2 heterocycles. The van der Waals surface area contributed by atoms with Crippen LogP contribution in [0.1, 0.15) is 23.7 Å². The van der Waals surface area contributed by atoms with Gasteiger partial charge in [-0.25, -0.2) is 18.6 Å². The molecular weight excluding hydrogens is 458 g/mol. The summed E-state index contributed by atoms with van der Waals surface area (Å²) in [5.41, 5.74) is 1.48. The minimum Gasteiger partial charge on any atom is -0.450 e. The lowest BCUT2D eigenvalue weighted by molar-refractivity contribution is -0.116. The number of rotatable bonds is 5. The van der Waals surface area contributed by atoms with Crippen LogP contribution in [0.4, 0.5) is 19.3 Å². The quantitative estimate of drug-likeness (QED) is 0.599. The van der Waals surface area contributed by atoms with Gasteiger partial charge in [-0.05, 0) is 62.2 Å². The number of amides is 2. The Morgan fingerprint density at radius 3 is 2.57 bits per heavy atom. The van der Waals surface area contributed by atoms with Crippen molar-refractivity contribution in [3.8, 4) is 11.4 Å². The molecule has 2 aromatic carbocycles. The first-order valence-electron chi connectivity index (χ1n) is 11.1. The van der Waals surface area contributed by atoms with Gasteiger partial charge in [0.25, 0.3) is 5.56 Å². The van der Waals surface area contributed by atoms with Gasteiger partial charge in [0.15, 0.2) is 0 Å². The van der Waals surface area contributed by atoms with Crippen molar-refractivity contribution in [1.82, 2.24) is 14.5 Å². The summed E-state index contributed by atoms with van der Waals surface area (Å²) in [5.74, 6) is -1.32. The second-order valence-corrected chi connectivity index (χ2v) is 8.14. The molecule has 1 aliphatic heterocycles. The number of hydrogen-bond donors (Lipinski definition) is 1. The average Bonchev–Trinajstić information content (AvgIpc) is 2.83. The van der Waals surface area contributed by atoms with Crippen molar-refractivity contribution in [2.45, 2.75) is 33.4 Å². The van der Waals surface area contributed by atoms with Gasteiger partial charge >= 0.3 is 6.09 Å². The zero-order chi connectivity index (χ0) is 25.1. The van der Waals surface area contributed by atoms with E-state index in [0.717, 1.165) is 0 Å². The highest BCUT2D eigenvalue weighted by molar-refractivity contribution is 5.90. The van der Waals surface area contributed by atoms with E-state index in [0.29, 0.717) is 22.4 Å². The third-order valence-corrected chi connectivity index (χ3v) is 5.71. The number of halogens is 2. The first kappa shape index (κ1) is 24.1. The van der Waals surface area contributed by atoms with E-state index in [1.165, 1.54) is 45.9 Å². The van der Waals surface area contributed by atoms with Crippen LogP contribution in [-0.2, 0) is 29.0 Å². The van der Waals surface area contributed by atoms with Crippen molar-refractivity contribution >= 4 is 17.7 Å². The number of fused-ring (bicyclic) bond motifs is 1. The maximum absolute atomic E-state index is 13.9. The van der Waals surface area contributed by atoms with Gasteiger partial charge in [0, 0.05) is 23.4 Å². The van der Waals surface area contributed by atoms with Gasteiger partial charge in [-0.15, -0.1) is 0 Å². The normalized spacial score (nSPS) is 12.7. The third kappa shape index (κ3) is 5.21. The molecule has 0 fully saturated rings. The number of carbonyl (C=O) groups is 2. The zero-order valence-electron chi connectivity index (χ0n) is 19.3. The largest absolute Gasteiger partial charge is 0.450 e. The molecule has 4 rings (SSSR count). The highest BCUT2D eigenvalue weighted by Gasteiger charge is 2.27. The number of nitrogens with one attached hydrogen (secondary N) is 1. The topological polar surface area (TPSA) is 93.5 Å². The van der Waals surface area contributed by atoms with E-state index in [2.05, 4.69) is 10.3 Å². The third-order valence-electron chi connectivity index (χ3n) is 5.71. The van der Waals surface area contributed by atoms with Crippen molar-refractivity contribution in [2.24, 2.45) is 0 Å². The van der Waals surface area contributed by atoms with Crippen LogP contribution in [0, 0.1) is 18.6 Å². The molecule has 2 amide bonds. The van der Waals surface area contributed by atoms with Gasteiger partial charge in [-0.2, -0.15) is 0 Å². The summed E-state index contributed by atoms with van der Waals surface area (Å²) < 4.78 is 33.7. The molecule has 0 aliphatic carbocycles. The molecule has 182 valence electrons. The number of aromatic nitrogens is 2. The fourth-order valence-electron chi connectivity index (χ4n) is 3.88. The summed E-state index contributed by atoms with van der Waals surface area (Å²) in [5, 5.41) is 2.59. The van der Waals surface area contributed by atoms with Crippen LogP contribution in [0.3, 0.4) is 0 Å². The first-order chi connectivity index (χ1) is 16.8. The monoisotopic (exact) mass is 482 g/mol. The molecule has 1 N–H and O–H groups in total. The minimum atomic E-state index is -0.551. The van der Waals surface area contributed by atoms with Crippen molar-refractivity contribution in [3.63, 3.8) is 0 Å². The van der Waals surface area contributed by atoms with Crippen molar-refractivity contribution in [3.05, 3.63) is 81.3 Å². The molecule has 0 saturated heterocycles. The van der Waals surface area contributed by atoms with Gasteiger partial charge in [0.05, 0.1) is 18.8 Å². The molecule has 0 atom stereocenters. The van der Waals surface area contributed by atoms with Gasteiger partial charge in [-0.1, -0.05) is 6.07 Å². The Labute approximate surface area is 200 Å². The molecular formula is C25H24F2N4O4. The van der Waals surface area contributed by atoms with E-state index in [9.17, 15) is 23.2 Å². The molecule has 1 aromatic heterocycles. The Morgan fingerprint density at radius 1 is 1.14 bits per heavy atom. The SMILES string of the molecule is CCOC(=O)N1CCc2c(nc(-c3ccc(F)cc3)n(CC(=O)Nc3ccc(C)c(F)c3)c2=O)C1. The molecule has 0 bridgehead atoms. The molecule has 1 aliphatic rings. The van der Waals surface area contributed by atoms with Crippen LogP contribution in [0.5, 0.6) is 0 Å². The Kier molecular flexibility index (Phi) is 6.90. The van der Waals surface area contributed by atoms with Gasteiger partial charge < -0.3 is 15.0 Å². The van der Waals surface area contributed by atoms with E-state index in [1.54, 1.807) is 19.9 Å². The molecule has 0 saturated carbocycles. The fourth-order valence-corrected chi connectivity index (χ4v) is 3.88. The zero-order valence-corrected chi connectivity index (χ0v) is 19.3. The number of benzene rings is 2. The fraction of sp³-hybridized carbons (Fsp3) is 0.280. The second kappa shape index (κ2) is 10.0. The number of aryl methyl sites for hydroxylation is 1. The van der Waals surface area contributed by atoms with E-state index >= 15 is 0 Å². The summed E-state index contributed by atoms with van der Waals surface area (Å²) in [6.07, 6.45) is -0.258. The van der Waals surface area contributed by atoms with Crippen LogP contribution in [0.25, 0.3) is 11.4 Å². The van der Waals surface area contributed by atoms with Crippen molar-refractivity contribution < 1.29 is 23.1 Å². The molecule has 8 nitrogen and oxygen atoms in total. The number of carbonyl (C=O) groups excluding carboxylic acids is 2. The van der Waals surface area contributed by atoms with Gasteiger partial charge in [0.1, 0.15) is 24.0 Å². The van der Waals surface area contributed by atoms with Crippen molar-refractivity contribution in [2.75, 3.05) is 18.5 Å². The van der Waals surface area contributed by atoms with Crippen LogP contribution in [-0.4, -0.2) is 39.6 Å². The number of anilines is 1. The summed E-state index contributed by atoms with van der Waals surface area (Å²) >= 11 is 0. The molecule has 0 radical (unpaired) electrons. The molecule has 0 unspecified atom stereocenters. The van der Waals surface area contributed by atoms with E-state index in [4.69, 9.17) is 4.74 Å². The first-order valence-corrected chi connectivity index (χ1v) is 11.1. The Balaban J connectivity index is 1.71. The van der Waals surface area contributed by atoms with Crippen LogP contribution in [0.2, 0.25) is 0 Å². The molecule has 35 heavy (non-hydrogen) atoms. The summed E-state index contributed by atoms with van der Waals surface area (Å²) in [7, 11) is 0. The smallest absolute Gasteiger partial charge is 0.410 e. The highest BCUT2D eigenvalue weighted by atomic mass is 19.1. The van der Waals surface area contributed by atoms with Crippen LogP contribution >= 0.6 is 0 Å². The van der Waals surface area contributed by atoms with Crippen molar-refractivity contribution in [1.29, 1.82) is 0 Å². The maximum atomic E-state index is 13.9. The lowest BCUT2D eigenvalue weighted by atomic mass is 10.1. The minimum absolute atomic E-state index is 0.0767. The Morgan fingerprint density at radius 2 is 1.89 bits per heavy atom. The standard InChI is InChI=1S/C25H24F2N4O4/c1-3-35-25(34)30-11-10-19-21(13-30)29-23(16-5-7-17(26)8-6-16)31(24(19)33)14-22(32)28-18-9-4-15(2)20(27)12-18/h4-9,12H,3,10-11,13-14H2,1-2H3,(H,28,32). The Hall–Kier alpha value is -4.08. The van der Waals surface area contributed by atoms with Crippen LogP contribution < -0.4 is 10.9 Å². The average molecular weight is 482 g/mol. The molecule has 10 heteroatoms. The van der Waals surface area contributed by atoms with E-state index in [-0.39, 0.29) is 44.2 Å². The maximum Gasteiger partial charge on any atom is 0.410 e. The molecule has 0 spiro atoms. The second-order valence-electron chi connectivity index (χ2n) is 8.14. The number of nitrogens with zero attached hydrogens (tertiary/aromatic N) is 3. The summed E-state index contributed by atoms with van der Waals surface area (Å²) in [6.45, 7) is 3.49. The lowest BCUT2D eigenvalue weighted by Gasteiger charge is -2.28. The predicted octanol–water partition coefficient (Wildman–Crippen LogP) is 3.65. The summed E-state index contributed by atoms with van der Waals surface area (Å²) in [4.78, 5) is 44.5. The predicted molar refractivity (Wildman–Crippen MR) is 125 cm³/mol. The Bertz CT molecular complexity index is 1340. The summed E-state index contributed by atoms with van der Waals surface area (Å²) in [6, 6.07) is 9.67. The number of hydrogen-bond acceptors (Lipinski definition) is 5. The van der Waals surface area contributed by atoms with Gasteiger partial charge in [-0.3, -0.25) is 14.2 Å². The number of ether oxygens (including phenoxy) is 1. The lowest BCUT2D eigenvalue weighted by Crippen LogP contribution is -2.42. The van der Waals surface area contributed by atoms with Gasteiger partial charge in [0.2, 0.25) is 5.91 Å². The highest BCUT2D eigenvalue weighted by Crippen LogP contribution is 2.22. The molecule has 3 aromatic rings. The van der Waals surface area contributed by atoms with Crippen LogP contribution in [0.15, 0.2) is 47.3 Å². The van der Waals surface area contributed by atoms with E-state index in [1.807, 2.05) is 0 Å². The van der Waals surface area contributed by atoms with E-state index < -0.39 is 29.2 Å².